The van der Waals surface area contributed by atoms with Gasteiger partial charge < -0.3 is 19.8 Å². The van der Waals surface area contributed by atoms with Gasteiger partial charge in [0.2, 0.25) is 0 Å². The van der Waals surface area contributed by atoms with Gasteiger partial charge in [0.05, 0.1) is 11.7 Å². The molecule has 3 rings (SSSR count). The predicted molar refractivity (Wildman–Crippen MR) is 122 cm³/mol. The highest BCUT2D eigenvalue weighted by Gasteiger charge is 2.25. The number of nitrogens with one attached hydrogen (secondary N) is 2. The van der Waals surface area contributed by atoms with E-state index in [0.717, 1.165) is 11.1 Å². The van der Waals surface area contributed by atoms with Gasteiger partial charge in [-0.2, -0.15) is 0 Å². The second-order valence-electron chi connectivity index (χ2n) is 7.61. The van der Waals surface area contributed by atoms with Crippen molar-refractivity contribution in [3.05, 3.63) is 77.1 Å². The molecule has 0 aliphatic heterocycles. The number of para-hydroxylation sites is 1. The number of rotatable bonds is 7. The lowest BCUT2D eigenvalue weighted by molar-refractivity contribution is -0.119. The second kappa shape index (κ2) is 9.96. The van der Waals surface area contributed by atoms with E-state index in [1.54, 1.807) is 33.8 Å². The molecule has 3 aromatic rings. The molecule has 1 amide bonds. The van der Waals surface area contributed by atoms with Gasteiger partial charge in [-0.05, 0) is 44.9 Å². The average Bonchev–Trinajstić information content (AvgIpc) is 3.06. The maximum absolute atomic E-state index is 12.5. The Kier molecular flexibility index (Phi) is 7.10. The van der Waals surface area contributed by atoms with Crippen molar-refractivity contribution in [2.75, 3.05) is 11.9 Å². The van der Waals surface area contributed by atoms with Crippen LogP contribution < -0.4 is 5.32 Å². The molecule has 2 aromatic carbocycles. The van der Waals surface area contributed by atoms with Crippen LogP contribution >= 0.6 is 0 Å². The lowest BCUT2D eigenvalue weighted by Crippen LogP contribution is -2.21. The number of aromatic nitrogens is 1. The first-order valence-corrected chi connectivity index (χ1v) is 10.3. The third-order valence-corrected chi connectivity index (χ3v) is 4.81. The monoisotopic (exact) mass is 434 g/mol. The van der Waals surface area contributed by atoms with Gasteiger partial charge in [0.25, 0.3) is 5.91 Å². The molecule has 1 aromatic heterocycles. The number of aromatic amines is 1. The van der Waals surface area contributed by atoms with Gasteiger partial charge >= 0.3 is 11.9 Å². The molecular formula is C25H26N2O5. The van der Waals surface area contributed by atoms with Crippen molar-refractivity contribution >= 4 is 23.5 Å². The van der Waals surface area contributed by atoms with Crippen LogP contribution in [0, 0.1) is 13.8 Å². The first-order valence-electron chi connectivity index (χ1n) is 10.3. The summed E-state index contributed by atoms with van der Waals surface area (Å²) in [6.45, 7) is 6.34. The smallest absolute Gasteiger partial charge is 0.355 e. The van der Waals surface area contributed by atoms with E-state index in [4.69, 9.17) is 9.47 Å². The SMILES string of the molecule is Cc1[nH]c(C(=O)OCC(=O)Nc2ccccc2-c2ccccc2)c(C)c1C(=O)OC(C)C. The number of esters is 2. The zero-order chi connectivity index (χ0) is 23.3. The van der Waals surface area contributed by atoms with Gasteiger partial charge in [-0.15, -0.1) is 0 Å². The molecule has 0 spiro atoms. The molecule has 0 aliphatic carbocycles. The van der Waals surface area contributed by atoms with Crippen molar-refractivity contribution in [1.82, 2.24) is 4.98 Å². The molecule has 0 radical (unpaired) electrons. The van der Waals surface area contributed by atoms with Crippen LogP contribution in [-0.2, 0) is 14.3 Å². The highest BCUT2D eigenvalue weighted by atomic mass is 16.5. The van der Waals surface area contributed by atoms with Crippen LogP contribution in [0.4, 0.5) is 5.69 Å². The van der Waals surface area contributed by atoms with Crippen LogP contribution in [0.5, 0.6) is 0 Å². The topological polar surface area (TPSA) is 97.5 Å². The largest absolute Gasteiger partial charge is 0.459 e. The standard InChI is InChI=1S/C25H26N2O5/c1-15(2)32-24(29)22-16(3)23(26-17(22)4)25(30)31-14-21(28)27-20-13-9-8-12-19(20)18-10-6-5-7-11-18/h5-13,15,26H,14H2,1-4H3,(H,27,28). The molecule has 0 unspecified atom stereocenters. The molecule has 7 nitrogen and oxygen atoms in total. The van der Waals surface area contributed by atoms with E-state index in [0.29, 0.717) is 22.5 Å². The van der Waals surface area contributed by atoms with E-state index in [9.17, 15) is 14.4 Å². The normalized spacial score (nSPS) is 10.7. The maximum atomic E-state index is 12.5. The minimum Gasteiger partial charge on any atom is -0.459 e. The van der Waals surface area contributed by atoms with Gasteiger partial charge in [-0.1, -0.05) is 48.5 Å². The van der Waals surface area contributed by atoms with E-state index >= 15 is 0 Å². The number of hydrogen-bond acceptors (Lipinski definition) is 5. The molecule has 1 heterocycles. The van der Waals surface area contributed by atoms with Crippen molar-refractivity contribution in [3.63, 3.8) is 0 Å². The summed E-state index contributed by atoms with van der Waals surface area (Å²) in [7, 11) is 0. The number of amides is 1. The molecule has 2 N–H and O–H groups in total. The van der Waals surface area contributed by atoms with Crippen LogP contribution in [0.1, 0.15) is 46.0 Å². The Morgan fingerprint density at radius 2 is 1.59 bits per heavy atom. The van der Waals surface area contributed by atoms with E-state index < -0.39 is 24.5 Å². The Morgan fingerprint density at radius 1 is 0.938 bits per heavy atom. The molecule has 0 aliphatic rings. The Labute approximate surface area is 186 Å². The fourth-order valence-electron chi connectivity index (χ4n) is 3.38. The van der Waals surface area contributed by atoms with E-state index in [2.05, 4.69) is 10.3 Å². The third-order valence-electron chi connectivity index (χ3n) is 4.81. The quantitative estimate of drug-likeness (QED) is 0.527. The lowest BCUT2D eigenvalue weighted by Gasteiger charge is -2.11. The fraction of sp³-hybridized carbons (Fsp3) is 0.240. The molecule has 0 saturated carbocycles. The van der Waals surface area contributed by atoms with Gasteiger partial charge in [0.15, 0.2) is 6.61 Å². The van der Waals surface area contributed by atoms with Gasteiger partial charge in [0.1, 0.15) is 5.69 Å². The van der Waals surface area contributed by atoms with E-state index in [1.165, 1.54) is 0 Å². The summed E-state index contributed by atoms with van der Waals surface area (Å²) in [6, 6.07) is 17.0. The van der Waals surface area contributed by atoms with Crippen LogP contribution in [0.2, 0.25) is 0 Å². The molecule has 0 atom stereocenters. The van der Waals surface area contributed by atoms with Crippen LogP contribution in [0.15, 0.2) is 54.6 Å². The molecular weight excluding hydrogens is 408 g/mol. The fourth-order valence-corrected chi connectivity index (χ4v) is 3.38. The van der Waals surface area contributed by atoms with Crippen LogP contribution in [-0.4, -0.2) is 35.5 Å². The Hall–Kier alpha value is -3.87. The maximum Gasteiger partial charge on any atom is 0.355 e. The predicted octanol–water partition coefficient (Wildman–Crippen LogP) is 4.66. The number of ether oxygens (including phenoxy) is 2. The summed E-state index contributed by atoms with van der Waals surface area (Å²) in [5.74, 6) is -1.71. The number of aryl methyl sites for hydroxylation is 1. The van der Waals surface area contributed by atoms with Gasteiger partial charge in [0, 0.05) is 16.9 Å². The number of hydrogen-bond donors (Lipinski definition) is 2. The Bertz CT molecular complexity index is 1130. The van der Waals surface area contributed by atoms with Crippen LogP contribution in [0.25, 0.3) is 11.1 Å². The zero-order valence-electron chi connectivity index (χ0n) is 18.5. The summed E-state index contributed by atoms with van der Waals surface area (Å²) in [4.78, 5) is 40.1. The van der Waals surface area contributed by atoms with Crippen molar-refractivity contribution < 1.29 is 23.9 Å². The number of carbonyl (C=O) groups is 3. The minimum absolute atomic E-state index is 0.121. The minimum atomic E-state index is -0.722. The summed E-state index contributed by atoms with van der Waals surface area (Å²) >= 11 is 0. The molecule has 166 valence electrons. The Balaban J connectivity index is 1.67. The molecule has 0 saturated heterocycles. The number of H-pyrrole nitrogens is 1. The first-order chi connectivity index (χ1) is 15.3. The highest BCUT2D eigenvalue weighted by Crippen LogP contribution is 2.27. The van der Waals surface area contributed by atoms with Crippen molar-refractivity contribution in [1.29, 1.82) is 0 Å². The summed E-state index contributed by atoms with van der Waals surface area (Å²) in [5.41, 5.74) is 3.78. The molecule has 0 bridgehead atoms. The summed E-state index contributed by atoms with van der Waals surface area (Å²) < 4.78 is 10.4. The van der Waals surface area contributed by atoms with Crippen molar-refractivity contribution in [3.8, 4) is 11.1 Å². The molecule has 32 heavy (non-hydrogen) atoms. The third kappa shape index (κ3) is 5.24. The number of benzene rings is 2. The second-order valence-corrected chi connectivity index (χ2v) is 7.61. The van der Waals surface area contributed by atoms with Crippen molar-refractivity contribution in [2.24, 2.45) is 0 Å². The zero-order valence-corrected chi connectivity index (χ0v) is 18.5. The van der Waals surface area contributed by atoms with E-state index in [-0.39, 0.29) is 11.8 Å². The molecule has 7 heteroatoms. The van der Waals surface area contributed by atoms with Crippen molar-refractivity contribution in [2.45, 2.75) is 33.8 Å². The summed E-state index contributed by atoms with van der Waals surface area (Å²) in [5, 5.41) is 2.79. The highest BCUT2D eigenvalue weighted by molar-refractivity contribution is 6.00. The number of anilines is 1. The van der Waals surface area contributed by atoms with Gasteiger partial charge in [-0.25, -0.2) is 9.59 Å². The first kappa shape index (κ1) is 22.8. The van der Waals surface area contributed by atoms with Gasteiger partial charge in [-0.3, -0.25) is 4.79 Å². The Morgan fingerprint density at radius 3 is 2.28 bits per heavy atom. The lowest BCUT2D eigenvalue weighted by atomic mass is 10.0. The summed E-state index contributed by atoms with van der Waals surface area (Å²) in [6.07, 6.45) is -0.283. The molecule has 0 fully saturated rings. The van der Waals surface area contributed by atoms with E-state index in [1.807, 2.05) is 48.5 Å². The van der Waals surface area contributed by atoms with Crippen LogP contribution in [0.3, 0.4) is 0 Å². The average molecular weight is 434 g/mol. The number of carbonyl (C=O) groups excluding carboxylic acids is 3.